The van der Waals surface area contributed by atoms with E-state index in [0.29, 0.717) is 12.6 Å². The van der Waals surface area contributed by atoms with Gasteiger partial charge in [-0.15, -0.1) is 0 Å². The van der Waals surface area contributed by atoms with Crippen molar-refractivity contribution >= 4 is 6.09 Å². The van der Waals surface area contributed by atoms with E-state index < -0.39 is 5.60 Å². The summed E-state index contributed by atoms with van der Waals surface area (Å²) in [5.41, 5.74) is -0.434. The Morgan fingerprint density at radius 3 is 2.41 bits per heavy atom. The molecule has 0 aromatic heterocycles. The highest BCUT2D eigenvalue weighted by atomic mass is 16.6. The van der Waals surface area contributed by atoms with Crippen molar-refractivity contribution in [1.29, 1.82) is 0 Å². The molecule has 1 rings (SSSR count). The SMILES string of the molecule is CCCC(CNC(=O)OC(C)(C)C)NCC1CCC(C)CC1. The molecule has 1 unspecified atom stereocenters. The van der Waals surface area contributed by atoms with Crippen LogP contribution in [0.25, 0.3) is 0 Å². The van der Waals surface area contributed by atoms with Gasteiger partial charge in [-0.3, -0.25) is 0 Å². The number of carbonyl (C=O) groups excluding carboxylic acids is 1. The van der Waals surface area contributed by atoms with Gasteiger partial charge in [0.15, 0.2) is 0 Å². The summed E-state index contributed by atoms with van der Waals surface area (Å²) in [6, 6.07) is 0.344. The Bertz CT molecular complexity index is 318. The molecule has 4 nitrogen and oxygen atoms in total. The van der Waals surface area contributed by atoms with Gasteiger partial charge >= 0.3 is 6.09 Å². The van der Waals surface area contributed by atoms with Gasteiger partial charge in [0.2, 0.25) is 0 Å². The first-order chi connectivity index (χ1) is 10.3. The maximum Gasteiger partial charge on any atom is 0.407 e. The number of hydrogen-bond donors (Lipinski definition) is 2. The smallest absolute Gasteiger partial charge is 0.407 e. The third kappa shape index (κ3) is 8.62. The van der Waals surface area contributed by atoms with Gasteiger partial charge in [-0.2, -0.15) is 0 Å². The molecule has 1 atom stereocenters. The van der Waals surface area contributed by atoms with Crippen molar-refractivity contribution in [3.63, 3.8) is 0 Å². The number of nitrogens with one attached hydrogen (secondary N) is 2. The van der Waals surface area contributed by atoms with Crippen LogP contribution in [0.5, 0.6) is 0 Å². The molecular formula is C18H36N2O2. The Morgan fingerprint density at radius 2 is 1.86 bits per heavy atom. The molecule has 2 N–H and O–H groups in total. The average molecular weight is 312 g/mol. The first-order valence-electron chi connectivity index (χ1n) is 9.00. The third-order valence-corrected chi connectivity index (χ3v) is 4.36. The van der Waals surface area contributed by atoms with Gasteiger partial charge in [0.25, 0.3) is 0 Å². The highest BCUT2D eigenvalue weighted by Gasteiger charge is 2.20. The fraction of sp³-hybridized carbons (Fsp3) is 0.944. The lowest BCUT2D eigenvalue weighted by molar-refractivity contribution is 0.0521. The van der Waals surface area contributed by atoms with E-state index in [1.54, 1.807) is 0 Å². The molecule has 1 aliphatic rings. The molecule has 0 spiro atoms. The Kier molecular flexibility index (Phi) is 8.23. The highest BCUT2D eigenvalue weighted by molar-refractivity contribution is 5.67. The molecule has 130 valence electrons. The number of ether oxygens (including phenoxy) is 1. The summed E-state index contributed by atoms with van der Waals surface area (Å²) >= 11 is 0. The van der Waals surface area contributed by atoms with Crippen molar-refractivity contribution in [2.75, 3.05) is 13.1 Å². The zero-order chi connectivity index (χ0) is 16.6. The topological polar surface area (TPSA) is 50.4 Å². The first-order valence-corrected chi connectivity index (χ1v) is 9.00. The summed E-state index contributed by atoms with van der Waals surface area (Å²) in [6.07, 6.45) is 7.29. The van der Waals surface area contributed by atoms with E-state index in [0.717, 1.165) is 31.2 Å². The second-order valence-electron chi connectivity index (χ2n) is 7.90. The minimum Gasteiger partial charge on any atom is -0.444 e. The second-order valence-corrected chi connectivity index (χ2v) is 7.90. The van der Waals surface area contributed by atoms with Crippen molar-refractivity contribution in [2.45, 2.75) is 84.8 Å². The molecule has 4 heteroatoms. The molecular weight excluding hydrogens is 276 g/mol. The number of rotatable bonds is 7. The van der Waals surface area contributed by atoms with Gasteiger partial charge in [0.05, 0.1) is 0 Å². The number of hydrogen-bond acceptors (Lipinski definition) is 3. The predicted molar refractivity (Wildman–Crippen MR) is 92.1 cm³/mol. The van der Waals surface area contributed by atoms with E-state index in [4.69, 9.17) is 4.74 Å². The summed E-state index contributed by atoms with van der Waals surface area (Å²) in [7, 11) is 0. The number of carbonyl (C=O) groups is 1. The zero-order valence-corrected chi connectivity index (χ0v) is 15.2. The lowest BCUT2D eigenvalue weighted by atomic mass is 9.83. The van der Waals surface area contributed by atoms with Crippen molar-refractivity contribution in [1.82, 2.24) is 10.6 Å². The van der Waals surface area contributed by atoms with Crippen LogP contribution >= 0.6 is 0 Å². The molecule has 1 fully saturated rings. The van der Waals surface area contributed by atoms with Gasteiger partial charge in [0, 0.05) is 12.6 Å². The normalized spacial score (nSPS) is 23.9. The average Bonchev–Trinajstić information content (AvgIpc) is 2.42. The Balaban J connectivity index is 2.27. The fourth-order valence-corrected chi connectivity index (χ4v) is 3.01. The number of amides is 1. The van der Waals surface area contributed by atoms with Crippen molar-refractivity contribution in [3.05, 3.63) is 0 Å². The maximum absolute atomic E-state index is 11.7. The van der Waals surface area contributed by atoms with E-state index in [1.165, 1.54) is 25.7 Å². The molecule has 0 radical (unpaired) electrons. The molecule has 0 heterocycles. The molecule has 0 aromatic rings. The zero-order valence-electron chi connectivity index (χ0n) is 15.2. The van der Waals surface area contributed by atoms with Crippen LogP contribution in [-0.2, 0) is 4.74 Å². The van der Waals surface area contributed by atoms with Crippen molar-refractivity contribution in [2.24, 2.45) is 11.8 Å². The highest BCUT2D eigenvalue weighted by Crippen LogP contribution is 2.27. The van der Waals surface area contributed by atoms with E-state index >= 15 is 0 Å². The van der Waals surface area contributed by atoms with E-state index in [1.807, 2.05) is 20.8 Å². The van der Waals surface area contributed by atoms with Gasteiger partial charge in [0.1, 0.15) is 5.60 Å². The van der Waals surface area contributed by atoms with Crippen LogP contribution in [0.1, 0.15) is 73.1 Å². The van der Waals surface area contributed by atoms with Crippen LogP contribution < -0.4 is 10.6 Å². The third-order valence-electron chi connectivity index (χ3n) is 4.36. The standard InChI is InChI=1S/C18H36N2O2/c1-6-7-16(13-20-17(21)22-18(3,4)5)19-12-15-10-8-14(2)9-11-15/h14-16,19H,6-13H2,1-5H3,(H,20,21). The molecule has 1 saturated carbocycles. The summed E-state index contributed by atoms with van der Waals surface area (Å²) in [5, 5.41) is 6.55. The van der Waals surface area contributed by atoms with Crippen LogP contribution in [0.4, 0.5) is 4.79 Å². The summed E-state index contributed by atoms with van der Waals surface area (Å²) < 4.78 is 5.29. The number of alkyl carbamates (subject to hydrolysis) is 1. The first kappa shape index (κ1) is 19.3. The molecule has 0 aliphatic heterocycles. The maximum atomic E-state index is 11.7. The van der Waals surface area contributed by atoms with E-state index in [9.17, 15) is 4.79 Å². The molecule has 0 bridgehead atoms. The Morgan fingerprint density at radius 1 is 1.23 bits per heavy atom. The Hall–Kier alpha value is -0.770. The molecule has 0 aromatic carbocycles. The minimum absolute atomic E-state index is 0.318. The van der Waals surface area contributed by atoms with Crippen molar-refractivity contribution in [3.8, 4) is 0 Å². The fourth-order valence-electron chi connectivity index (χ4n) is 3.01. The van der Waals surface area contributed by atoms with Crippen molar-refractivity contribution < 1.29 is 9.53 Å². The largest absolute Gasteiger partial charge is 0.444 e. The van der Waals surface area contributed by atoms with Gasteiger partial charge in [-0.05, 0) is 58.4 Å². The summed E-state index contributed by atoms with van der Waals surface area (Å²) in [4.78, 5) is 11.7. The summed E-state index contributed by atoms with van der Waals surface area (Å²) in [6.45, 7) is 11.9. The summed E-state index contributed by atoms with van der Waals surface area (Å²) in [5.74, 6) is 1.70. The molecule has 0 saturated heterocycles. The van der Waals surface area contributed by atoms with Gasteiger partial charge < -0.3 is 15.4 Å². The van der Waals surface area contributed by atoms with Crippen LogP contribution in [0, 0.1) is 11.8 Å². The second kappa shape index (κ2) is 9.39. The predicted octanol–water partition coefficient (Wildman–Crippen LogP) is 4.10. The van der Waals surface area contributed by atoms with Crippen LogP contribution in [0.3, 0.4) is 0 Å². The van der Waals surface area contributed by atoms with Gasteiger partial charge in [-0.1, -0.05) is 33.1 Å². The molecule has 1 amide bonds. The monoisotopic (exact) mass is 312 g/mol. The quantitative estimate of drug-likeness (QED) is 0.744. The lowest BCUT2D eigenvalue weighted by Gasteiger charge is -2.28. The lowest BCUT2D eigenvalue weighted by Crippen LogP contribution is -2.44. The van der Waals surface area contributed by atoms with Gasteiger partial charge in [-0.25, -0.2) is 4.79 Å². The van der Waals surface area contributed by atoms with Crippen LogP contribution in [0.2, 0.25) is 0 Å². The van der Waals surface area contributed by atoms with Crippen LogP contribution in [-0.4, -0.2) is 30.8 Å². The Labute approximate surface area is 136 Å². The van der Waals surface area contributed by atoms with E-state index in [2.05, 4.69) is 24.5 Å². The van der Waals surface area contributed by atoms with E-state index in [-0.39, 0.29) is 6.09 Å². The molecule has 1 aliphatic carbocycles. The van der Waals surface area contributed by atoms with Crippen LogP contribution in [0.15, 0.2) is 0 Å². The molecule has 22 heavy (non-hydrogen) atoms. The minimum atomic E-state index is -0.434.